The van der Waals surface area contributed by atoms with Crippen molar-refractivity contribution in [1.29, 1.82) is 0 Å². The Hall–Kier alpha value is -2.84. The number of ether oxygens (including phenoxy) is 2. The largest absolute Gasteiger partial charge is 0.494 e. The van der Waals surface area contributed by atoms with Crippen molar-refractivity contribution in [2.24, 2.45) is 0 Å². The van der Waals surface area contributed by atoms with E-state index in [2.05, 4.69) is 4.98 Å². The molecule has 1 saturated heterocycles. The number of benzene rings is 1. The molecule has 9 heteroatoms. The minimum atomic E-state index is -4.49. The van der Waals surface area contributed by atoms with E-state index in [1.807, 2.05) is 0 Å². The van der Waals surface area contributed by atoms with Gasteiger partial charge in [-0.05, 0) is 24.3 Å². The maximum atomic E-state index is 13.8. The molecule has 0 radical (unpaired) electrons. The van der Waals surface area contributed by atoms with Crippen molar-refractivity contribution in [2.75, 3.05) is 20.2 Å². The number of hydrogen-bond donors (Lipinski definition) is 0. The molecule has 27 heavy (non-hydrogen) atoms. The zero-order valence-electron chi connectivity index (χ0n) is 14.3. The molecular formula is C18H16F4N2O3. The van der Waals surface area contributed by atoms with E-state index in [1.54, 1.807) is 0 Å². The SMILES string of the molecule is COc1ccc(C(=O)N2CC[C@H](Oc3cc(C(F)(F)F)ccn3)C2)cc1F. The summed E-state index contributed by atoms with van der Waals surface area (Å²) in [5, 5.41) is 0. The van der Waals surface area contributed by atoms with E-state index in [4.69, 9.17) is 9.47 Å². The van der Waals surface area contributed by atoms with Crippen molar-refractivity contribution >= 4 is 5.91 Å². The van der Waals surface area contributed by atoms with Crippen molar-refractivity contribution in [3.05, 3.63) is 53.5 Å². The number of methoxy groups -OCH3 is 1. The standard InChI is InChI=1S/C18H16F4N2O3/c1-26-15-3-2-11(8-14(15)19)17(25)24-7-5-13(10-24)27-16-9-12(4-6-23-16)18(20,21)22/h2-4,6,8-9,13H,5,7,10H2,1H3/t13-/m0/s1. The number of aromatic nitrogens is 1. The molecule has 1 aliphatic rings. The third-order valence-electron chi connectivity index (χ3n) is 4.18. The van der Waals surface area contributed by atoms with E-state index in [0.717, 1.165) is 24.4 Å². The number of halogens is 4. The molecule has 0 aliphatic carbocycles. The molecule has 0 spiro atoms. The Morgan fingerprint density at radius 1 is 1.26 bits per heavy atom. The van der Waals surface area contributed by atoms with Crippen LogP contribution in [0.5, 0.6) is 11.6 Å². The maximum Gasteiger partial charge on any atom is 0.416 e. The molecule has 1 fully saturated rings. The number of pyridine rings is 1. The number of nitrogens with zero attached hydrogens (tertiary/aromatic N) is 2. The van der Waals surface area contributed by atoms with Crippen LogP contribution in [-0.4, -0.2) is 42.1 Å². The van der Waals surface area contributed by atoms with Gasteiger partial charge in [0, 0.05) is 30.8 Å². The summed E-state index contributed by atoms with van der Waals surface area (Å²) in [5.74, 6) is -1.16. The van der Waals surface area contributed by atoms with E-state index in [0.29, 0.717) is 13.0 Å². The summed E-state index contributed by atoms with van der Waals surface area (Å²) >= 11 is 0. The Morgan fingerprint density at radius 2 is 2.04 bits per heavy atom. The summed E-state index contributed by atoms with van der Waals surface area (Å²) in [7, 11) is 1.32. The molecule has 5 nitrogen and oxygen atoms in total. The Balaban J connectivity index is 1.65. The summed E-state index contributed by atoms with van der Waals surface area (Å²) < 4.78 is 62.3. The van der Waals surface area contributed by atoms with E-state index in [-0.39, 0.29) is 29.6 Å². The van der Waals surface area contributed by atoms with Gasteiger partial charge in [0.05, 0.1) is 19.2 Å². The minimum Gasteiger partial charge on any atom is -0.494 e. The average Bonchev–Trinajstić information content (AvgIpc) is 3.09. The Bertz CT molecular complexity index is 842. The first kappa shape index (κ1) is 18.9. The highest BCUT2D eigenvalue weighted by atomic mass is 19.4. The van der Waals surface area contributed by atoms with Crippen molar-refractivity contribution in [1.82, 2.24) is 9.88 Å². The minimum absolute atomic E-state index is 0.0322. The van der Waals surface area contributed by atoms with Gasteiger partial charge < -0.3 is 14.4 Å². The first-order valence-electron chi connectivity index (χ1n) is 8.10. The van der Waals surface area contributed by atoms with E-state index in [1.165, 1.54) is 24.1 Å². The van der Waals surface area contributed by atoms with Gasteiger partial charge in [0.25, 0.3) is 5.91 Å². The number of amides is 1. The zero-order valence-corrected chi connectivity index (χ0v) is 14.3. The van der Waals surface area contributed by atoms with Crippen molar-refractivity contribution in [2.45, 2.75) is 18.7 Å². The van der Waals surface area contributed by atoms with Crippen molar-refractivity contribution in [3.63, 3.8) is 0 Å². The number of likely N-dealkylation sites (tertiary alicyclic amines) is 1. The van der Waals surface area contributed by atoms with Crippen LogP contribution in [0.25, 0.3) is 0 Å². The Kier molecular flexibility index (Phi) is 5.20. The molecule has 0 unspecified atom stereocenters. The van der Waals surface area contributed by atoms with Crippen LogP contribution in [-0.2, 0) is 6.18 Å². The highest BCUT2D eigenvalue weighted by Gasteiger charge is 2.32. The molecule has 0 bridgehead atoms. The van der Waals surface area contributed by atoms with Crippen LogP contribution in [0.4, 0.5) is 17.6 Å². The van der Waals surface area contributed by atoms with Crippen LogP contribution in [0.2, 0.25) is 0 Å². The first-order valence-corrected chi connectivity index (χ1v) is 8.10. The number of carbonyl (C=O) groups is 1. The quantitative estimate of drug-likeness (QED) is 0.757. The normalized spacial score (nSPS) is 17.1. The van der Waals surface area contributed by atoms with E-state index < -0.39 is 23.7 Å². The predicted octanol–water partition coefficient (Wildman–Crippen LogP) is 3.54. The van der Waals surface area contributed by atoms with Crippen LogP contribution in [0.3, 0.4) is 0 Å². The van der Waals surface area contributed by atoms with Gasteiger partial charge in [-0.15, -0.1) is 0 Å². The molecule has 0 N–H and O–H groups in total. The second-order valence-electron chi connectivity index (χ2n) is 6.01. The molecule has 1 aromatic heterocycles. The van der Waals surface area contributed by atoms with Crippen LogP contribution in [0, 0.1) is 5.82 Å². The van der Waals surface area contributed by atoms with Crippen LogP contribution in [0.1, 0.15) is 22.3 Å². The number of carbonyl (C=O) groups excluding carboxylic acids is 1. The van der Waals surface area contributed by atoms with Crippen LogP contribution in [0.15, 0.2) is 36.5 Å². The molecular weight excluding hydrogens is 368 g/mol. The highest BCUT2D eigenvalue weighted by Crippen LogP contribution is 2.31. The molecule has 1 amide bonds. The molecule has 144 valence electrons. The van der Waals surface area contributed by atoms with Gasteiger partial charge >= 0.3 is 6.18 Å². The summed E-state index contributed by atoms with van der Waals surface area (Å²) in [6.45, 7) is 0.514. The van der Waals surface area contributed by atoms with Gasteiger partial charge in [0.2, 0.25) is 5.88 Å². The fraction of sp³-hybridized carbons (Fsp3) is 0.333. The Labute approximate surface area is 152 Å². The second-order valence-corrected chi connectivity index (χ2v) is 6.01. The molecule has 2 aromatic rings. The van der Waals surface area contributed by atoms with Gasteiger partial charge in [-0.2, -0.15) is 13.2 Å². The average molecular weight is 384 g/mol. The van der Waals surface area contributed by atoms with Gasteiger partial charge in [0.1, 0.15) is 6.10 Å². The maximum absolute atomic E-state index is 13.8. The van der Waals surface area contributed by atoms with Crippen LogP contribution < -0.4 is 9.47 Å². The van der Waals surface area contributed by atoms with Gasteiger partial charge in [-0.1, -0.05) is 0 Å². The predicted molar refractivity (Wildman–Crippen MR) is 87.1 cm³/mol. The molecule has 2 heterocycles. The summed E-state index contributed by atoms with van der Waals surface area (Å²) in [6, 6.07) is 5.58. The Morgan fingerprint density at radius 3 is 2.70 bits per heavy atom. The topological polar surface area (TPSA) is 51.7 Å². The lowest BCUT2D eigenvalue weighted by molar-refractivity contribution is -0.137. The van der Waals surface area contributed by atoms with E-state index >= 15 is 0 Å². The third-order valence-corrected chi connectivity index (χ3v) is 4.18. The fourth-order valence-electron chi connectivity index (χ4n) is 2.81. The second kappa shape index (κ2) is 7.42. The fourth-order valence-corrected chi connectivity index (χ4v) is 2.81. The number of rotatable bonds is 4. The lowest BCUT2D eigenvalue weighted by atomic mass is 10.2. The molecule has 1 aliphatic heterocycles. The molecule has 1 aromatic carbocycles. The smallest absolute Gasteiger partial charge is 0.416 e. The van der Waals surface area contributed by atoms with Crippen molar-refractivity contribution in [3.8, 4) is 11.6 Å². The van der Waals surface area contributed by atoms with Gasteiger partial charge in [-0.25, -0.2) is 9.37 Å². The lowest BCUT2D eigenvalue weighted by Gasteiger charge is -2.17. The monoisotopic (exact) mass is 384 g/mol. The first-order chi connectivity index (χ1) is 12.8. The molecule has 0 saturated carbocycles. The van der Waals surface area contributed by atoms with Gasteiger partial charge in [0.15, 0.2) is 11.6 Å². The molecule has 1 atom stereocenters. The summed E-state index contributed by atoms with van der Waals surface area (Å²) in [6.07, 6.45) is -3.52. The zero-order chi connectivity index (χ0) is 19.6. The van der Waals surface area contributed by atoms with Crippen LogP contribution >= 0.6 is 0 Å². The summed E-state index contributed by atoms with van der Waals surface area (Å²) in [5.41, 5.74) is -0.696. The number of hydrogen-bond acceptors (Lipinski definition) is 4. The van der Waals surface area contributed by atoms with Gasteiger partial charge in [-0.3, -0.25) is 4.79 Å². The van der Waals surface area contributed by atoms with Crippen molar-refractivity contribution < 1.29 is 31.8 Å². The third kappa shape index (κ3) is 4.29. The number of alkyl halides is 3. The molecule has 3 rings (SSSR count). The highest BCUT2D eigenvalue weighted by molar-refractivity contribution is 5.94. The van der Waals surface area contributed by atoms with E-state index in [9.17, 15) is 22.4 Å². The summed E-state index contributed by atoms with van der Waals surface area (Å²) in [4.78, 5) is 17.7. The lowest BCUT2D eigenvalue weighted by Crippen LogP contribution is -2.31.